The van der Waals surface area contributed by atoms with Crippen molar-refractivity contribution in [2.24, 2.45) is 5.73 Å². The van der Waals surface area contributed by atoms with Crippen LogP contribution in [0.4, 0.5) is 5.69 Å². The normalized spacial score (nSPS) is 11.6. The molecule has 2 amide bonds. The number of primary amides is 1. The summed E-state index contributed by atoms with van der Waals surface area (Å²) < 4.78 is 0. The number of anilines is 1. The Bertz CT molecular complexity index is 402. The van der Waals surface area contributed by atoms with E-state index >= 15 is 0 Å². The Balaban J connectivity index is 2.66. The van der Waals surface area contributed by atoms with Gasteiger partial charge in [0.05, 0.1) is 11.9 Å². The fraction of sp³-hybridized carbons (Fsp3) is 0.364. The summed E-state index contributed by atoms with van der Waals surface area (Å²) in [4.78, 5) is 26.4. The van der Waals surface area contributed by atoms with E-state index in [2.05, 4.69) is 15.6 Å². The molecule has 0 spiro atoms. The molecule has 92 valence electrons. The highest BCUT2D eigenvalue weighted by atomic mass is 16.2. The van der Waals surface area contributed by atoms with Gasteiger partial charge in [-0.1, -0.05) is 0 Å². The molecule has 0 aliphatic rings. The second-order valence-electron chi connectivity index (χ2n) is 3.56. The van der Waals surface area contributed by atoms with E-state index in [1.807, 2.05) is 6.92 Å². The van der Waals surface area contributed by atoms with E-state index in [4.69, 9.17) is 5.73 Å². The maximum Gasteiger partial charge on any atom is 0.270 e. The number of pyridine rings is 1. The van der Waals surface area contributed by atoms with Crippen LogP contribution in [0.15, 0.2) is 18.3 Å². The smallest absolute Gasteiger partial charge is 0.270 e. The number of aromatic nitrogens is 1. The van der Waals surface area contributed by atoms with Crippen molar-refractivity contribution in [3.05, 3.63) is 24.0 Å². The highest BCUT2D eigenvalue weighted by Gasteiger charge is 2.14. The summed E-state index contributed by atoms with van der Waals surface area (Å²) in [6, 6.07) is 2.62. The Morgan fingerprint density at radius 3 is 2.65 bits per heavy atom. The van der Waals surface area contributed by atoms with Crippen molar-refractivity contribution >= 4 is 17.5 Å². The summed E-state index contributed by atoms with van der Waals surface area (Å²) in [5, 5.41) is 5.52. The van der Waals surface area contributed by atoms with Gasteiger partial charge in [-0.25, -0.2) is 4.98 Å². The SMILES string of the molecule is CCNc1ccc(C(=O)NC(C)C(N)=O)nc1. The molecular weight excluding hydrogens is 220 g/mol. The molecular formula is C11H16N4O2. The first-order valence-electron chi connectivity index (χ1n) is 5.34. The standard InChI is InChI=1S/C11H16N4O2/c1-3-13-8-4-5-9(14-6-8)11(17)15-7(2)10(12)16/h4-7,13H,3H2,1-2H3,(H2,12,16)(H,15,17). The van der Waals surface area contributed by atoms with E-state index in [0.717, 1.165) is 12.2 Å². The van der Waals surface area contributed by atoms with Crippen LogP contribution in [0.2, 0.25) is 0 Å². The molecule has 1 atom stereocenters. The molecule has 0 aliphatic heterocycles. The summed E-state index contributed by atoms with van der Waals surface area (Å²) in [7, 11) is 0. The molecule has 6 nitrogen and oxygen atoms in total. The summed E-state index contributed by atoms with van der Waals surface area (Å²) in [6.07, 6.45) is 1.56. The van der Waals surface area contributed by atoms with Crippen molar-refractivity contribution in [2.45, 2.75) is 19.9 Å². The zero-order valence-corrected chi connectivity index (χ0v) is 9.86. The molecule has 1 aromatic rings. The van der Waals surface area contributed by atoms with Crippen LogP contribution in [0.5, 0.6) is 0 Å². The van der Waals surface area contributed by atoms with Crippen LogP contribution in [-0.4, -0.2) is 29.4 Å². The predicted octanol–water partition coefficient (Wildman–Crippen LogP) is 0.117. The minimum absolute atomic E-state index is 0.250. The lowest BCUT2D eigenvalue weighted by atomic mass is 10.2. The number of nitrogens with one attached hydrogen (secondary N) is 2. The third kappa shape index (κ3) is 3.75. The third-order valence-corrected chi connectivity index (χ3v) is 2.15. The Morgan fingerprint density at radius 1 is 1.47 bits per heavy atom. The maximum absolute atomic E-state index is 11.6. The van der Waals surface area contributed by atoms with Crippen molar-refractivity contribution in [3.8, 4) is 0 Å². The van der Waals surface area contributed by atoms with Gasteiger partial charge in [0.1, 0.15) is 11.7 Å². The first kappa shape index (κ1) is 13.0. The van der Waals surface area contributed by atoms with Crippen LogP contribution >= 0.6 is 0 Å². The Morgan fingerprint density at radius 2 is 2.18 bits per heavy atom. The molecule has 1 aromatic heterocycles. The van der Waals surface area contributed by atoms with Crippen LogP contribution in [-0.2, 0) is 4.79 Å². The van der Waals surface area contributed by atoms with Gasteiger partial charge in [-0.3, -0.25) is 9.59 Å². The third-order valence-electron chi connectivity index (χ3n) is 2.15. The molecule has 0 bridgehead atoms. The summed E-state index contributed by atoms with van der Waals surface area (Å²) in [5.41, 5.74) is 6.13. The lowest BCUT2D eigenvalue weighted by Crippen LogP contribution is -2.42. The van der Waals surface area contributed by atoms with Crippen molar-refractivity contribution in [2.75, 3.05) is 11.9 Å². The van der Waals surface area contributed by atoms with E-state index in [9.17, 15) is 9.59 Å². The van der Waals surface area contributed by atoms with Gasteiger partial charge in [0.15, 0.2) is 0 Å². The van der Waals surface area contributed by atoms with Gasteiger partial charge in [0.2, 0.25) is 5.91 Å². The minimum atomic E-state index is -0.710. The van der Waals surface area contributed by atoms with E-state index < -0.39 is 17.9 Å². The number of hydrogen-bond donors (Lipinski definition) is 3. The summed E-state index contributed by atoms with van der Waals surface area (Å²) in [5.74, 6) is -0.998. The molecule has 1 heterocycles. The van der Waals surface area contributed by atoms with Gasteiger partial charge < -0.3 is 16.4 Å². The highest BCUT2D eigenvalue weighted by Crippen LogP contribution is 2.05. The van der Waals surface area contributed by atoms with Crippen molar-refractivity contribution in [3.63, 3.8) is 0 Å². The van der Waals surface area contributed by atoms with Crippen LogP contribution in [0.25, 0.3) is 0 Å². The van der Waals surface area contributed by atoms with E-state index in [0.29, 0.717) is 0 Å². The molecule has 1 unspecified atom stereocenters. The second-order valence-corrected chi connectivity index (χ2v) is 3.56. The van der Waals surface area contributed by atoms with Gasteiger partial charge in [-0.2, -0.15) is 0 Å². The largest absolute Gasteiger partial charge is 0.384 e. The van der Waals surface area contributed by atoms with Crippen LogP contribution in [0, 0.1) is 0 Å². The molecule has 17 heavy (non-hydrogen) atoms. The van der Waals surface area contributed by atoms with Gasteiger partial charge in [-0.15, -0.1) is 0 Å². The number of nitrogens with zero attached hydrogens (tertiary/aromatic N) is 1. The highest BCUT2D eigenvalue weighted by molar-refractivity contribution is 5.95. The van der Waals surface area contributed by atoms with Gasteiger partial charge in [0.25, 0.3) is 5.91 Å². The lowest BCUT2D eigenvalue weighted by molar-refractivity contribution is -0.119. The van der Waals surface area contributed by atoms with Crippen molar-refractivity contribution in [1.82, 2.24) is 10.3 Å². The number of rotatable bonds is 5. The average Bonchev–Trinajstić information content (AvgIpc) is 2.30. The molecule has 0 saturated heterocycles. The molecule has 6 heteroatoms. The fourth-order valence-corrected chi connectivity index (χ4v) is 1.18. The molecule has 0 saturated carbocycles. The van der Waals surface area contributed by atoms with Crippen molar-refractivity contribution in [1.29, 1.82) is 0 Å². The fourth-order valence-electron chi connectivity index (χ4n) is 1.18. The number of amides is 2. The summed E-state index contributed by atoms with van der Waals surface area (Å²) >= 11 is 0. The van der Waals surface area contributed by atoms with Crippen LogP contribution in [0.1, 0.15) is 24.3 Å². The maximum atomic E-state index is 11.6. The number of carbonyl (C=O) groups is 2. The Labute approximate surface area is 99.6 Å². The van der Waals surface area contributed by atoms with Crippen LogP contribution < -0.4 is 16.4 Å². The molecule has 0 aliphatic carbocycles. The first-order chi connectivity index (χ1) is 8.04. The summed E-state index contributed by atoms with van der Waals surface area (Å²) in [6.45, 7) is 4.27. The monoisotopic (exact) mass is 236 g/mol. The van der Waals surface area contributed by atoms with E-state index in [1.165, 1.54) is 6.92 Å². The molecule has 1 rings (SSSR count). The zero-order chi connectivity index (χ0) is 12.8. The Kier molecular flexibility index (Phi) is 4.45. The zero-order valence-electron chi connectivity index (χ0n) is 9.86. The predicted molar refractivity (Wildman–Crippen MR) is 64.5 cm³/mol. The molecule has 4 N–H and O–H groups in total. The lowest BCUT2D eigenvalue weighted by Gasteiger charge is -2.09. The molecule has 0 radical (unpaired) electrons. The average molecular weight is 236 g/mol. The number of carbonyl (C=O) groups excluding carboxylic acids is 2. The second kappa shape index (κ2) is 5.83. The minimum Gasteiger partial charge on any atom is -0.384 e. The van der Waals surface area contributed by atoms with Gasteiger partial charge in [-0.05, 0) is 26.0 Å². The molecule has 0 aromatic carbocycles. The quantitative estimate of drug-likeness (QED) is 0.676. The molecule has 0 fully saturated rings. The van der Waals surface area contributed by atoms with Crippen LogP contribution in [0.3, 0.4) is 0 Å². The van der Waals surface area contributed by atoms with Crippen molar-refractivity contribution < 1.29 is 9.59 Å². The van der Waals surface area contributed by atoms with Gasteiger partial charge in [0, 0.05) is 6.54 Å². The Hall–Kier alpha value is -2.11. The van der Waals surface area contributed by atoms with Gasteiger partial charge >= 0.3 is 0 Å². The van der Waals surface area contributed by atoms with E-state index in [1.54, 1.807) is 18.3 Å². The number of hydrogen-bond acceptors (Lipinski definition) is 4. The van der Waals surface area contributed by atoms with E-state index in [-0.39, 0.29) is 5.69 Å². The number of nitrogens with two attached hydrogens (primary N) is 1. The topological polar surface area (TPSA) is 97.1 Å². The first-order valence-corrected chi connectivity index (χ1v) is 5.34.